The Hall–Kier alpha value is -7.10. The zero-order valence-corrected chi connectivity index (χ0v) is 28.7. The Balaban J connectivity index is 1.25. The minimum absolute atomic E-state index is 0.821. The van der Waals surface area contributed by atoms with E-state index >= 15 is 0 Å². The number of benzene rings is 9. The van der Waals surface area contributed by atoms with E-state index in [4.69, 9.17) is 8.83 Å². The molecule has 248 valence electrons. The Labute approximate surface area is 305 Å². The number of anilines is 3. The molecule has 0 saturated carbocycles. The van der Waals surface area contributed by atoms with Gasteiger partial charge in [-0.05, 0) is 98.4 Å². The summed E-state index contributed by atoms with van der Waals surface area (Å²) in [5.41, 5.74) is 11.0. The second-order valence-corrected chi connectivity index (χ2v) is 13.7. The highest BCUT2D eigenvalue weighted by Crippen LogP contribution is 2.48. The van der Waals surface area contributed by atoms with Gasteiger partial charge in [0, 0.05) is 32.9 Å². The maximum Gasteiger partial charge on any atom is 0.159 e. The molecule has 0 radical (unpaired) electrons. The van der Waals surface area contributed by atoms with Crippen molar-refractivity contribution in [2.45, 2.75) is 0 Å². The van der Waals surface area contributed by atoms with Crippen molar-refractivity contribution in [2.75, 3.05) is 4.90 Å². The van der Waals surface area contributed by atoms with Gasteiger partial charge in [0.2, 0.25) is 0 Å². The Morgan fingerprint density at radius 2 is 0.981 bits per heavy atom. The van der Waals surface area contributed by atoms with Gasteiger partial charge in [-0.3, -0.25) is 0 Å². The number of fused-ring (bicyclic) bond motifs is 9. The first-order valence-electron chi connectivity index (χ1n) is 18.0. The first-order valence-corrected chi connectivity index (χ1v) is 18.0. The van der Waals surface area contributed by atoms with Crippen LogP contribution in [0.25, 0.3) is 87.7 Å². The lowest BCUT2D eigenvalue weighted by atomic mass is 9.95. The molecule has 0 unspecified atom stereocenters. The predicted octanol–water partition coefficient (Wildman–Crippen LogP) is 14.6. The largest absolute Gasteiger partial charge is 0.456 e. The van der Waals surface area contributed by atoms with Crippen LogP contribution in [0.2, 0.25) is 0 Å². The zero-order chi connectivity index (χ0) is 34.9. The molecule has 11 rings (SSSR count). The molecule has 0 amide bonds. The highest BCUT2D eigenvalue weighted by Gasteiger charge is 2.24. The summed E-state index contributed by atoms with van der Waals surface area (Å²) in [6.07, 6.45) is 0. The topological polar surface area (TPSA) is 29.5 Å². The Morgan fingerprint density at radius 3 is 1.83 bits per heavy atom. The summed E-state index contributed by atoms with van der Waals surface area (Å²) in [6, 6.07) is 66.8. The molecular formula is C50H31NO2. The molecule has 3 nitrogen and oxygen atoms in total. The third-order valence-electron chi connectivity index (χ3n) is 10.6. The average molecular weight is 678 g/mol. The SMILES string of the molecule is c1ccc(-c2ccc(N(c3ccc4ccccc4c3)c3cc(-c4cccc5ccccc45)cc4c3oc3ccc5oc6ccccc6c5c34)cc2)cc1. The van der Waals surface area contributed by atoms with Gasteiger partial charge in [0.15, 0.2) is 5.58 Å². The van der Waals surface area contributed by atoms with Gasteiger partial charge in [-0.15, -0.1) is 0 Å². The molecule has 2 heterocycles. The second-order valence-electron chi connectivity index (χ2n) is 13.7. The summed E-state index contributed by atoms with van der Waals surface area (Å²) >= 11 is 0. The molecular weight excluding hydrogens is 647 g/mol. The average Bonchev–Trinajstić information content (AvgIpc) is 3.79. The third kappa shape index (κ3) is 4.75. The van der Waals surface area contributed by atoms with E-state index in [9.17, 15) is 0 Å². The molecule has 0 atom stereocenters. The molecule has 0 aliphatic heterocycles. The van der Waals surface area contributed by atoms with E-state index in [1.807, 2.05) is 18.2 Å². The molecule has 53 heavy (non-hydrogen) atoms. The van der Waals surface area contributed by atoms with E-state index in [2.05, 4.69) is 175 Å². The van der Waals surface area contributed by atoms with E-state index in [0.717, 1.165) is 66.5 Å². The lowest BCUT2D eigenvalue weighted by Gasteiger charge is -2.27. The first-order chi connectivity index (χ1) is 26.3. The molecule has 0 aliphatic rings. The van der Waals surface area contributed by atoms with Gasteiger partial charge >= 0.3 is 0 Å². The van der Waals surface area contributed by atoms with Crippen LogP contribution >= 0.6 is 0 Å². The van der Waals surface area contributed by atoms with Crippen LogP contribution in [-0.4, -0.2) is 0 Å². The summed E-state index contributed by atoms with van der Waals surface area (Å²) in [5, 5.41) is 9.04. The van der Waals surface area contributed by atoms with Gasteiger partial charge < -0.3 is 13.7 Å². The van der Waals surface area contributed by atoms with Crippen LogP contribution < -0.4 is 4.90 Å². The fourth-order valence-electron chi connectivity index (χ4n) is 8.14. The van der Waals surface area contributed by atoms with E-state index < -0.39 is 0 Å². The van der Waals surface area contributed by atoms with Crippen molar-refractivity contribution >= 4 is 82.5 Å². The van der Waals surface area contributed by atoms with Crippen molar-refractivity contribution in [3.63, 3.8) is 0 Å². The van der Waals surface area contributed by atoms with Gasteiger partial charge in [-0.1, -0.05) is 133 Å². The van der Waals surface area contributed by atoms with Crippen molar-refractivity contribution in [3.8, 4) is 22.3 Å². The maximum atomic E-state index is 7.01. The summed E-state index contributed by atoms with van der Waals surface area (Å²) in [7, 11) is 0. The predicted molar refractivity (Wildman–Crippen MR) is 222 cm³/mol. The highest BCUT2D eigenvalue weighted by atomic mass is 16.3. The Bertz CT molecular complexity index is 3160. The molecule has 0 aliphatic carbocycles. The summed E-state index contributed by atoms with van der Waals surface area (Å²) < 4.78 is 13.4. The standard InChI is InChI=1S/C50H31NO2/c1-2-11-32(12-3-1)34-21-24-38(25-22-34)51(39-26-23-33-13-4-5-15-36(33)29-39)44-31-37(41-19-10-16-35-14-6-7-17-40(35)41)30-43-49-47(53-50(43)44)28-27-46-48(49)42-18-8-9-20-45(42)52-46/h1-31H. The smallest absolute Gasteiger partial charge is 0.159 e. The number of rotatable bonds is 5. The quantitative estimate of drug-likeness (QED) is 0.182. The zero-order valence-electron chi connectivity index (χ0n) is 28.7. The van der Waals surface area contributed by atoms with Gasteiger partial charge in [0.1, 0.15) is 16.7 Å². The molecule has 9 aromatic carbocycles. The molecule has 0 saturated heterocycles. The molecule has 0 N–H and O–H groups in total. The Kier molecular flexibility index (Phi) is 6.55. The van der Waals surface area contributed by atoms with Crippen molar-refractivity contribution in [3.05, 3.63) is 188 Å². The molecule has 0 fully saturated rings. The van der Waals surface area contributed by atoms with Gasteiger partial charge in [-0.25, -0.2) is 0 Å². The number of hydrogen-bond donors (Lipinski definition) is 0. The molecule has 2 aromatic heterocycles. The van der Waals surface area contributed by atoms with Crippen LogP contribution in [0, 0.1) is 0 Å². The molecule has 0 bridgehead atoms. The summed E-state index contributed by atoms with van der Waals surface area (Å²) in [5.74, 6) is 0. The maximum absolute atomic E-state index is 7.01. The number of furan rings is 2. The van der Waals surface area contributed by atoms with Crippen LogP contribution in [0.3, 0.4) is 0 Å². The van der Waals surface area contributed by atoms with Crippen molar-refractivity contribution in [1.29, 1.82) is 0 Å². The van der Waals surface area contributed by atoms with E-state index in [1.165, 1.54) is 38.2 Å². The normalized spacial score (nSPS) is 11.8. The van der Waals surface area contributed by atoms with E-state index in [1.54, 1.807) is 0 Å². The third-order valence-corrected chi connectivity index (χ3v) is 10.6. The van der Waals surface area contributed by atoms with Gasteiger partial charge in [-0.2, -0.15) is 0 Å². The monoisotopic (exact) mass is 677 g/mol. The van der Waals surface area contributed by atoms with E-state index in [-0.39, 0.29) is 0 Å². The van der Waals surface area contributed by atoms with Crippen LogP contribution in [0.15, 0.2) is 197 Å². The lowest BCUT2D eigenvalue weighted by molar-refractivity contribution is 0.663. The summed E-state index contributed by atoms with van der Waals surface area (Å²) in [6.45, 7) is 0. The fraction of sp³-hybridized carbons (Fsp3) is 0. The highest BCUT2D eigenvalue weighted by molar-refractivity contribution is 6.27. The van der Waals surface area contributed by atoms with Crippen LogP contribution in [0.1, 0.15) is 0 Å². The lowest BCUT2D eigenvalue weighted by Crippen LogP contribution is -2.10. The molecule has 11 aromatic rings. The number of nitrogens with zero attached hydrogens (tertiary/aromatic N) is 1. The fourth-order valence-corrected chi connectivity index (χ4v) is 8.14. The van der Waals surface area contributed by atoms with Crippen LogP contribution in [-0.2, 0) is 0 Å². The minimum Gasteiger partial charge on any atom is -0.456 e. The van der Waals surface area contributed by atoms with Crippen LogP contribution in [0.5, 0.6) is 0 Å². The summed E-state index contributed by atoms with van der Waals surface area (Å²) in [4.78, 5) is 2.35. The van der Waals surface area contributed by atoms with E-state index in [0.29, 0.717) is 0 Å². The van der Waals surface area contributed by atoms with Crippen molar-refractivity contribution < 1.29 is 8.83 Å². The molecule has 3 heteroatoms. The number of para-hydroxylation sites is 1. The number of hydrogen-bond acceptors (Lipinski definition) is 3. The van der Waals surface area contributed by atoms with Crippen molar-refractivity contribution in [1.82, 2.24) is 0 Å². The molecule has 0 spiro atoms. The first kappa shape index (κ1) is 29.6. The van der Waals surface area contributed by atoms with Gasteiger partial charge in [0.05, 0.1) is 5.69 Å². The second kappa shape index (κ2) is 11.7. The Morgan fingerprint density at radius 1 is 0.340 bits per heavy atom. The van der Waals surface area contributed by atoms with Crippen LogP contribution in [0.4, 0.5) is 17.1 Å². The minimum atomic E-state index is 0.821. The van der Waals surface area contributed by atoms with Gasteiger partial charge in [0.25, 0.3) is 0 Å². The van der Waals surface area contributed by atoms with Crippen molar-refractivity contribution in [2.24, 2.45) is 0 Å².